The van der Waals surface area contributed by atoms with Gasteiger partial charge in [-0.25, -0.2) is 14.6 Å². The summed E-state index contributed by atoms with van der Waals surface area (Å²) in [6.07, 6.45) is 3.57. The molecule has 21 heavy (non-hydrogen) atoms. The third-order valence-corrected chi connectivity index (χ3v) is 3.12. The molecular formula is C13H12N2O5S. The molecular weight excluding hydrogens is 296 g/mol. The van der Waals surface area contributed by atoms with Crippen molar-refractivity contribution < 1.29 is 19.1 Å². The van der Waals surface area contributed by atoms with E-state index in [-0.39, 0.29) is 18.8 Å². The van der Waals surface area contributed by atoms with E-state index in [1.807, 2.05) is 0 Å². The van der Waals surface area contributed by atoms with Gasteiger partial charge in [0.15, 0.2) is 4.96 Å². The first kappa shape index (κ1) is 14.9. The summed E-state index contributed by atoms with van der Waals surface area (Å²) in [7, 11) is 0. The van der Waals surface area contributed by atoms with Gasteiger partial charge in [-0.3, -0.25) is 9.20 Å². The molecule has 0 fully saturated rings. The summed E-state index contributed by atoms with van der Waals surface area (Å²) in [5.74, 6) is -1.33. The number of esters is 2. The van der Waals surface area contributed by atoms with Crippen LogP contribution in [0.25, 0.3) is 4.96 Å². The average molecular weight is 308 g/mol. The molecule has 0 aromatic carbocycles. The highest BCUT2D eigenvalue weighted by molar-refractivity contribution is 7.15. The highest BCUT2D eigenvalue weighted by atomic mass is 32.1. The van der Waals surface area contributed by atoms with Crippen molar-refractivity contribution in [3.8, 4) is 0 Å². The predicted octanol–water partition coefficient (Wildman–Crippen LogP) is 0.918. The number of thiazole rings is 1. The van der Waals surface area contributed by atoms with E-state index >= 15 is 0 Å². The Morgan fingerprint density at radius 2 is 2.05 bits per heavy atom. The van der Waals surface area contributed by atoms with E-state index in [4.69, 9.17) is 4.74 Å². The molecule has 0 saturated heterocycles. The van der Waals surface area contributed by atoms with Gasteiger partial charge in [0.1, 0.15) is 6.61 Å². The number of rotatable bonds is 5. The van der Waals surface area contributed by atoms with E-state index in [0.717, 1.165) is 12.2 Å². The van der Waals surface area contributed by atoms with Crippen molar-refractivity contribution in [2.75, 3.05) is 6.61 Å². The summed E-state index contributed by atoms with van der Waals surface area (Å²) >= 11 is 1.31. The summed E-state index contributed by atoms with van der Waals surface area (Å²) in [4.78, 5) is 38.8. The van der Waals surface area contributed by atoms with Gasteiger partial charge in [0.25, 0.3) is 5.56 Å². The smallest absolute Gasteiger partial charge is 0.331 e. The first-order valence-corrected chi connectivity index (χ1v) is 6.95. The van der Waals surface area contributed by atoms with E-state index < -0.39 is 11.9 Å². The fourth-order valence-electron chi connectivity index (χ4n) is 1.48. The maximum Gasteiger partial charge on any atom is 0.331 e. The van der Waals surface area contributed by atoms with Gasteiger partial charge in [0.05, 0.1) is 12.3 Å². The molecule has 110 valence electrons. The normalized spacial score (nSPS) is 10.9. The first-order chi connectivity index (χ1) is 10.1. The largest absolute Gasteiger partial charge is 0.463 e. The lowest BCUT2D eigenvalue weighted by Crippen LogP contribution is -2.14. The van der Waals surface area contributed by atoms with Crippen LogP contribution in [-0.2, 0) is 25.7 Å². The number of fused-ring (bicyclic) bond motifs is 1. The zero-order chi connectivity index (χ0) is 15.2. The Morgan fingerprint density at radius 3 is 2.76 bits per heavy atom. The number of carbonyl (C=O) groups excluding carboxylic acids is 2. The average Bonchev–Trinajstić information content (AvgIpc) is 2.92. The molecule has 2 aromatic rings. The zero-order valence-electron chi connectivity index (χ0n) is 11.1. The van der Waals surface area contributed by atoms with Gasteiger partial charge in [-0.15, -0.1) is 11.3 Å². The molecule has 0 aliphatic carbocycles. The zero-order valence-corrected chi connectivity index (χ0v) is 12.0. The second-order valence-electron chi connectivity index (χ2n) is 3.83. The second-order valence-corrected chi connectivity index (χ2v) is 4.71. The minimum Gasteiger partial charge on any atom is -0.463 e. The Hall–Kier alpha value is -2.48. The molecule has 0 saturated carbocycles. The maximum absolute atomic E-state index is 11.7. The third kappa shape index (κ3) is 3.99. The Morgan fingerprint density at radius 1 is 1.33 bits per heavy atom. The molecule has 7 nitrogen and oxygen atoms in total. The van der Waals surface area contributed by atoms with Gasteiger partial charge in [0, 0.05) is 29.8 Å². The molecule has 2 heterocycles. The SMILES string of the molecule is CCOC(=O)/C=C/C(=O)OCc1cc(=O)n2ccsc2n1. The topological polar surface area (TPSA) is 87.0 Å². The van der Waals surface area contributed by atoms with Crippen LogP contribution in [-0.4, -0.2) is 27.9 Å². The number of hydrogen-bond acceptors (Lipinski definition) is 7. The molecule has 0 unspecified atom stereocenters. The lowest BCUT2D eigenvalue weighted by atomic mass is 10.4. The minimum atomic E-state index is -0.712. The van der Waals surface area contributed by atoms with Crippen molar-refractivity contribution in [1.82, 2.24) is 9.38 Å². The number of ether oxygens (including phenoxy) is 2. The van der Waals surface area contributed by atoms with Gasteiger partial charge in [-0.1, -0.05) is 0 Å². The van der Waals surface area contributed by atoms with Crippen LogP contribution in [0.1, 0.15) is 12.6 Å². The number of nitrogens with zero attached hydrogens (tertiary/aromatic N) is 2. The van der Waals surface area contributed by atoms with Crippen molar-refractivity contribution >= 4 is 28.2 Å². The fraction of sp³-hybridized carbons (Fsp3) is 0.231. The fourth-order valence-corrected chi connectivity index (χ4v) is 2.22. The maximum atomic E-state index is 11.7. The van der Waals surface area contributed by atoms with Crippen molar-refractivity contribution in [3.05, 3.63) is 45.8 Å². The van der Waals surface area contributed by atoms with Crippen LogP contribution >= 0.6 is 11.3 Å². The van der Waals surface area contributed by atoms with Crippen molar-refractivity contribution in [2.24, 2.45) is 0 Å². The van der Waals surface area contributed by atoms with Crippen molar-refractivity contribution in [1.29, 1.82) is 0 Å². The quantitative estimate of drug-likeness (QED) is 0.603. The Kier molecular flexibility index (Phi) is 4.83. The van der Waals surface area contributed by atoms with Crippen LogP contribution in [0.15, 0.2) is 34.6 Å². The summed E-state index contributed by atoms with van der Waals surface area (Å²) in [5.41, 5.74) is 0.106. The van der Waals surface area contributed by atoms with E-state index in [1.165, 1.54) is 21.8 Å². The molecule has 0 bridgehead atoms. The Bertz CT molecular complexity index is 746. The van der Waals surface area contributed by atoms with E-state index in [0.29, 0.717) is 10.7 Å². The third-order valence-electron chi connectivity index (χ3n) is 2.36. The second kappa shape index (κ2) is 6.80. The molecule has 2 rings (SSSR count). The summed E-state index contributed by atoms with van der Waals surface area (Å²) in [5, 5.41) is 1.74. The first-order valence-electron chi connectivity index (χ1n) is 6.07. The number of hydrogen-bond donors (Lipinski definition) is 0. The van der Waals surface area contributed by atoms with Gasteiger partial charge in [0.2, 0.25) is 0 Å². The monoisotopic (exact) mass is 308 g/mol. The van der Waals surface area contributed by atoms with Gasteiger partial charge < -0.3 is 9.47 Å². The molecule has 0 aliphatic rings. The molecule has 0 amide bonds. The Labute approximate surface area is 123 Å². The van der Waals surface area contributed by atoms with Crippen molar-refractivity contribution in [3.63, 3.8) is 0 Å². The molecule has 2 aromatic heterocycles. The molecule has 0 aliphatic heterocycles. The molecule has 0 atom stereocenters. The van der Waals surface area contributed by atoms with Gasteiger partial charge in [-0.05, 0) is 6.92 Å². The van der Waals surface area contributed by atoms with Crippen LogP contribution in [0.2, 0.25) is 0 Å². The highest BCUT2D eigenvalue weighted by Gasteiger charge is 2.06. The summed E-state index contributed by atoms with van der Waals surface area (Å²) in [6, 6.07) is 1.29. The van der Waals surface area contributed by atoms with Crippen LogP contribution < -0.4 is 5.56 Å². The van der Waals surface area contributed by atoms with Crippen molar-refractivity contribution in [2.45, 2.75) is 13.5 Å². The minimum absolute atomic E-state index is 0.143. The highest BCUT2D eigenvalue weighted by Crippen LogP contribution is 2.07. The van der Waals surface area contributed by atoms with Crippen LogP contribution in [0, 0.1) is 0 Å². The number of carbonyl (C=O) groups is 2. The Balaban J connectivity index is 1.96. The lowest BCUT2D eigenvalue weighted by molar-refractivity contribution is -0.141. The van der Waals surface area contributed by atoms with Crippen LogP contribution in [0.3, 0.4) is 0 Å². The van der Waals surface area contributed by atoms with Gasteiger partial charge in [-0.2, -0.15) is 0 Å². The standard InChI is InChI=1S/C13H12N2O5S/c1-2-19-11(17)3-4-12(18)20-8-9-7-10(16)15-5-6-21-13(15)14-9/h3-7H,2,8H2,1H3/b4-3+. The van der Waals surface area contributed by atoms with Gasteiger partial charge >= 0.3 is 11.9 Å². The number of aromatic nitrogens is 2. The predicted molar refractivity (Wildman–Crippen MR) is 74.9 cm³/mol. The summed E-state index contributed by atoms with van der Waals surface area (Å²) in [6.45, 7) is 1.75. The lowest BCUT2D eigenvalue weighted by Gasteiger charge is -2.01. The van der Waals surface area contributed by atoms with E-state index in [9.17, 15) is 14.4 Å². The van der Waals surface area contributed by atoms with Crippen LogP contribution in [0.5, 0.6) is 0 Å². The van der Waals surface area contributed by atoms with Crippen LogP contribution in [0.4, 0.5) is 0 Å². The summed E-state index contributed by atoms with van der Waals surface area (Å²) < 4.78 is 10.9. The molecule has 0 spiro atoms. The molecule has 0 N–H and O–H groups in total. The molecule has 0 radical (unpaired) electrons. The molecule has 8 heteroatoms. The van der Waals surface area contributed by atoms with E-state index in [1.54, 1.807) is 18.5 Å². The van der Waals surface area contributed by atoms with E-state index in [2.05, 4.69) is 9.72 Å².